The molecule has 1 atom stereocenters. The van der Waals surface area contributed by atoms with Crippen molar-refractivity contribution in [3.63, 3.8) is 0 Å². The molecule has 1 unspecified atom stereocenters. The van der Waals surface area contributed by atoms with Gasteiger partial charge in [-0.1, -0.05) is 15.9 Å². The van der Waals surface area contributed by atoms with Crippen LogP contribution in [0.1, 0.15) is 12.0 Å². The molecule has 1 heterocycles. The van der Waals surface area contributed by atoms with Crippen LogP contribution in [0.4, 0.5) is 4.39 Å². The molecule has 0 aromatic heterocycles. The van der Waals surface area contributed by atoms with Gasteiger partial charge in [-0.25, -0.2) is 4.39 Å². The number of rotatable bonds is 3. The molecule has 1 aromatic carbocycles. The molecule has 98 valence electrons. The Morgan fingerprint density at radius 2 is 2.39 bits per heavy atom. The minimum Gasteiger partial charge on any atom is -0.341 e. The Hall–Kier alpha value is -0.940. The van der Waals surface area contributed by atoms with Crippen molar-refractivity contribution in [2.45, 2.75) is 13.0 Å². The van der Waals surface area contributed by atoms with Gasteiger partial charge in [-0.15, -0.1) is 0 Å². The minimum absolute atomic E-state index is 0.0326. The number of halogens is 2. The predicted octanol–water partition coefficient (Wildman–Crippen LogP) is 2.16. The first-order valence-corrected chi connectivity index (χ1v) is 6.77. The van der Waals surface area contributed by atoms with E-state index in [9.17, 15) is 9.18 Å². The van der Waals surface area contributed by atoms with Crippen molar-refractivity contribution in [1.29, 1.82) is 0 Å². The zero-order valence-corrected chi connectivity index (χ0v) is 11.8. The quantitative estimate of drug-likeness (QED) is 0.927. The fraction of sp³-hybridized carbons (Fsp3) is 0.462. The van der Waals surface area contributed by atoms with Crippen molar-refractivity contribution in [2.24, 2.45) is 5.92 Å². The highest BCUT2D eigenvalue weighted by Crippen LogP contribution is 2.18. The zero-order valence-electron chi connectivity index (χ0n) is 10.2. The summed E-state index contributed by atoms with van der Waals surface area (Å²) in [5.74, 6) is -0.160. The normalized spacial score (nSPS) is 18.9. The largest absolute Gasteiger partial charge is 0.341 e. The maximum atomic E-state index is 13.6. The van der Waals surface area contributed by atoms with Gasteiger partial charge >= 0.3 is 0 Å². The molecule has 0 radical (unpaired) electrons. The summed E-state index contributed by atoms with van der Waals surface area (Å²) >= 11 is 3.31. The number of amides is 1. The molecule has 1 aliphatic rings. The smallest absolute Gasteiger partial charge is 0.227 e. The first kappa shape index (κ1) is 13.5. The molecule has 1 N–H and O–H groups in total. The molecule has 1 saturated heterocycles. The highest BCUT2D eigenvalue weighted by atomic mass is 79.9. The Balaban J connectivity index is 2.03. The number of nitrogens with one attached hydrogen (secondary N) is 1. The van der Waals surface area contributed by atoms with Crippen LogP contribution in [0.15, 0.2) is 22.7 Å². The van der Waals surface area contributed by atoms with Crippen molar-refractivity contribution in [1.82, 2.24) is 10.2 Å². The van der Waals surface area contributed by atoms with Gasteiger partial charge in [-0.05, 0) is 31.2 Å². The van der Waals surface area contributed by atoms with E-state index < -0.39 is 0 Å². The van der Waals surface area contributed by atoms with Crippen molar-refractivity contribution in [3.05, 3.63) is 34.1 Å². The highest BCUT2D eigenvalue weighted by molar-refractivity contribution is 9.10. The molecule has 3 nitrogen and oxygen atoms in total. The Kier molecular flexibility index (Phi) is 4.35. The average Bonchev–Trinajstić information content (AvgIpc) is 2.86. The lowest BCUT2D eigenvalue weighted by atomic mass is 10.1. The topological polar surface area (TPSA) is 32.3 Å². The van der Waals surface area contributed by atoms with Crippen LogP contribution in [0, 0.1) is 11.7 Å². The predicted molar refractivity (Wildman–Crippen MR) is 71.6 cm³/mol. The molecule has 1 aromatic rings. The second-order valence-electron chi connectivity index (χ2n) is 4.62. The summed E-state index contributed by atoms with van der Waals surface area (Å²) in [7, 11) is 1.72. The number of hydrogen-bond acceptors (Lipinski definition) is 2. The van der Waals surface area contributed by atoms with Crippen molar-refractivity contribution < 1.29 is 9.18 Å². The van der Waals surface area contributed by atoms with Gasteiger partial charge in [0.1, 0.15) is 5.82 Å². The maximum Gasteiger partial charge on any atom is 0.227 e. The van der Waals surface area contributed by atoms with E-state index in [0.29, 0.717) is 12.1 Å². The molecule has 0 saturated carbocycles. The van der Waals surface area contributed by atoms with Crippen LogP contribution < -0.4 is 5.32 Å². The highest BCUT2D eigenvalue weighted by Gasteiger charge is 2.25. The van der Waals surface area contributed by atoms with E-state index in [2.05, 4.69) is 21.2 Å². The van der Waals surface area contributed by atoms with E-state index in [1.54, 1.807) is 24.1 Å². The fourth-order valence-corrected chi connectivity index (χ4v) is 2.58. The second kappa shape index (κ2) is 5.80. The molecule has 0 spiro atoms. The Morgan fingerprint density at radius 3 is 3.06 bits per heavy atom. The van der Waals surface area contributed by atoms with Gasteiger partial charge in [0, 0.05) is 30.2 Å². The molecule has 0 bridgehead atoms. The summed E-state index contributed by atoms with van der Waals surface area (Å²) in [6, 6.07) is 4.78. The van der Waals surface area contributed by atoms with Crippen molar-refractivity contribution in [2.75, 3.05) is 20.1 Å². The Labute approximate surface area is 114 Å². The van der Waals surface area contributed by atoms with Gasteiger partial charge in [-0.3, -0.25) is 4.79 Å². The van der Waals surface area contributed by atoms with E-state index in [-0.39, 0.29) is 17.6 Å². The number of benzene rings is 1. The minimum atomic E-state index is -0.276. The summed E-state index contributed by atoms with van der Waals surface area (Å²) in [5, 5.41) is 3.16. The number of carbonyl (C=O) groups is 1. The third kappa shape index (κ3) is 3.09. The monoisotopic (exact) mass is 314 g/mol. The summed E-state index contributed by atoms with van der Waals surface area (Å²) in [5.41, 5.74) is 0.534. The third-order valence-corrected chi connectivity index (χ3v) is 3.69. The van der Waals surface area contributed by atoms with Gasteiger partial charge < -0.3 is 10.2 Å². The standard InChI is InChI=1S/C13H16BrFN2O/c1-17(13(18)9-4-5-16-7-9)8-10-6-11(14)2-3-12(10)15/h2-3,6,9,16H,4-5,7-8H2,1H3. The molecular weight excluding hydrogens is 299 g/mol. The third-order valence-electron chi connectivity index (χ3n) is 3.20. The summed E-state index contributed by atoms with van der Waals surface area (Å²) in [6.07, 6.45) is 0.865. The molecule has 1 fully saturated rings. The van der Waals surface area contributed by atoms with Gasteiger partial charge in [0.25, 0.3) is 0 Å². The number of carbonyl (C=O) groups excluding carboxylic acids is 1. The lowest BCUT2D eigenvalue weighted by molar-refractivity contribution is -0.134. The van der Waals surface area contributed by atoms with Gasteiger partial charge in [-0.2, -0.15) is 0 Å². The first-order chi connectivity index (χ1) is 8.58. The molecule has 1 aliphatic heterocycles. The summed E-state index contributed by atoms with van der Waals surface area (Å²) in [4.78, 5) is 13.7. The van der Waals surface area contributed by atoms with E-state index in [1.807, 2.05) is 0 Å². The average molecular weight is 315 g/mol. The van der Waals surface area contributed by atoms with Crippen LogP contribution in [0.25, 0.3) is 0 Å². The molecule has 1 amide bonds. The van der Waals surface area contributed by atoms with Crippen molar-refractivity contribution in [3.8, 4) is 0 Å². The summed E-state index contributed by atoms with van der Waals surface area (Å²) < 4.78 is 14.4. The van der Waals surface area contributed by atoms with Crippen LogP contribution in [0.3, 0.4) is 0 Å². The van der Waals surface area contributed by atoms with Crippen LogP contribution in [0.5, 0.6) is 0 Å². The molecule has 18 heavy (non-hydrogen) atoms. The van der Waals surface area contributed by atoms with Gasteiger partial charge in [0.05, 0.1) is 5.92 Å². The number of nitrogens with zero attached hydrogens (tertiary/aromatic N) is 1. The molecule has 5 heteroatoms. The molecule has 2 rings (SSSR count). The SMILES string of the molecule is CN(Cc1cc(Br)ccc1F)C(=O)C1CCNC1. The second-order valence-corrected chi connectivity index (χ2v) is 5.54. The molecular formula is C13H16BrFN2O. The molecule has 0 aliphatic carbocycles. The van der Waals surface area contributed by atoms with Gasteiger partial charge in [0.15, 0.2) is 0 Å². The van der Waals surface area contributed by atoms with Gasteiger partial charge in [0.2, 0.25) is 5.91 Å². The Bertz CT molecular complexity index is 447. The lowest BCUT2D eigenvalue weighted by Crippen LogP contribution is -2.33. The zero-order chi connectivity index (χ0) is 13.1. The van der Waals surface area contributed by atoms with E-state index in [1.165, 1.54) is 6.07 Å². The van der Waals surface area contributed by atoms with Crippen LogP contribution in [-0.4, -0.2) is 30.9 Å². The van der Waals surface area contributed by atoms with Crippen LogP contribution in [0.2, 0.25) is 0 Å². The van der Waals surface area contributed by atoms with E-state index in [4.69, 9.17) is 0 Å². The number of hydrogen-bond donors (Lipinski definition) is 1. The lowest BCUT2D eigenvalue weighted by Gasteiger charge is -2.21. The van der Waals surface area contributed by atoms with Crippen molar-refractivity contribution >= 4 is 21.8 Å². The maximum absolute atomic E-state index is 13.6. The van der Waals surface area contributed by atoms with E-state index in [0.717, 1.165) is 24.0 Å². The fourth-order valence-electron chi connectivity index (χ4n) is 2.18. The Morgan fingerprint density at radius 1 is 1.61 bits per heavy atom. The van der Waals surface area contributed by atoms with Crippen LogP contribution >= 0.6 is 15.9 Å². The first-order valence-electron chi connectivity index (χ1n) is 5.97. The summed E-state index contributed by atoms with van der Waals surface area (Å²) in [6.45, 7) is 1.92. The van der Waals surface area contributed by atoms with Crippen LogP contribution in [-0.2, 0) is 11.3 Å². The van der Waals surface area contributed by atoms with E-state index >= 15 is 0 Å².